The van der Waals surface area contributed by atoms with E-state index in [0.717, 1.165) is 18.5 Å². The fourth-order valence-electron chi connectivity index (χ4n) is 1.94. The lowest BCUT2D eigenvalue weighted by atomic mass is 10.2. The van der Waals surface area contributed by atoms with Crippen LogP contribution < -0.4 is 5.32 Å². The molecular formula is C10H15FN2S. The topological polar surface area (TPSA) is 24.9 Å². The molecule has 1 aromatic heterocycles. The quantitative estimate of drug-likeness (QED) is 0.836. The fourth-order valence-corrected chi connectivity index (χ4v) is 2.59. The van der Waals surface area contributed by atoms with E-state index in [4.69, 9.17) is 0 Å². The minimum absolute atomic E-state index is 0.0340. The number of hydrogen-bond donors (Lipinski definition) is 1. The van der Waals surface area contributed by atoms with E-state index in [-0.39, 0.29) is 12.1 Å². The summed E-state index contributed by atoms with van der Waals surface area (Å²) >= 11 is 1.58. The minimum atomic E-state index is -0.670. The van der Waals surface area contributed by atoms with Gasteiger partial charge in [-0.3, -0.25) is 0 Å². The molecule has 1 fully saturated rings. The van der Waals surface area contributed by atoms with Crippen molar-refractivity contribution in [1.82, 2.24) is 10.3 Å². The highest BCUT2D eigenvalue weighted by Crippen LogP contribution is 2.24. The molecule has 1 heterocycles. The monoisotopic (exact) mass is 214 g/mol. The molecule has 1 N–H and O–H groups in total. The summed E-state index contributed by atoms with van der Waals surface area (Å²) in [5.74, 6) is 0. The molecular weight excluding hydrogens is 199 g/mol. The molecule has 0 radical (unpaired) electrons. The molecule has 0 saturated heterocycles. The Kier molecular flexibility index (Phi) is 3.13. The first kappa shape index (κ1) is 10.1. The van der Waals surface area contributed by atoms with Gasteiger partial charge < -0.3 is 5.32 Å². The third-order valence-electron chi connectivity index (χ3n) is 2.79. The number of aromatic nitrogens is 1. The molecule has 0 bridgehead atoms. The highest BCUT2D eigenvalue weighted by molar-refractivity contribution is 7.07. The summed E-state index contributed by atoms with van der Waals surface area (Å²) in [6.45, 7) is 2.04. The second-order valence-electron chi connectivity index (χ2n) is 3.86. The van der Waals surface area contributed by atoms with Crippen LogP contribution in [0.2, 0.25) is 0 Å². The molecule has 0 aliphatic heterocycles. The van der Waals surface area contributed by atoms with Crippen molar-refractivity contribution in [3.05, 3.63) is 16.6 Å². The van der Waals surface area contributed by atoms with Crippen molar-refractivity contribution in [3.8, 4) is 0 Å². The zero-order chi connectivity index (χ0) is 9.97. The zero-order valence-electron chi connectivity index (χ0n) is 8.24. The van der Waals surface area contributed by atoms with E-state index >= 15 is 0 Å². The van der Waals surface area contributed by atoms with E-state index in [1.807, 2.05) is 17.8 Å². The Balaban J connectivity index is 1.91. The summed E-state index contributed by atoms with van der Waals surface area (Å²) in [6.07, 6.45) is 2.00. The molecule has 1 aliphatic carbocycles. The Morgan fingerprint density at radius 3 is 3.07 bits per heavy atom. The average Bonchev–Trinajstić information content (AvgIpc) is 2.77. The largest absolute Gasteiger partial charge is 0.303 e. The van der Waals surface area contributed by atoms with Crippen LogP contribution in [0.5, 0.6) is 0 Å². The minimum Gasteiger partial charge on any atom is -0.303 e. The number of halogens is 1. The van der Waals surface area contributed by atoms with E-state index in [2.05, 4.69) is 10.3 Å². The van der Waals surface area contributed by atoms with Crippen molar-refractivity contribution < 1.29 is 4.39 Å². The number of alkyl halides is 1. The first-order valence-electron chi connectivity index (χ1n) is 5.05. The Hall–Kier alpha value is -0.480. The maximum Gasteiger partial charge on any atom is 0.115 e. The van der Waals surface area contributed by atoms with Gasteiger partial charge in [0.1, 0.15) is 6.17 Å². The van der Waals surface area contributed by atoms with Crippen LogP contribution in [0.1, 0.15) is 37.9 Å². The summed E-state index contributed by atoms with van der Waals surface area (Å²) in [5, 5.41) is 5.31. The fraction of sp³-hybridized carbons (Fsp3) is 0.700. The van der Waals surface area contributed by atoms with Gasteiger partial charge in [0.2, 0.25) is 0 Å². The van der Waals surface area contributed by atoms with E-state index in [1.54, 1.807) is 11.3 Å². The standard InChI is InChI=1S/C10H15FN2S/c1-7(10-5-14-6-12-10)13-9-4-2-3-8(9)11/h5-9,13H,2-4H2,1H3/t7?,8-,9+/m0/s1. The molecule has 1 saturated carbocycles. The van der Waals surface area contributed by atoms with E-state index < -0.39 is 6.17 Å². The van der Waals surface area contributed by atoms with Crippen molar-refractivity contribution in [1.29, 1.82) is 0 Å². The molecule has 1 aromatic rings. The van der Waals surface area contributed by atoms with Crippen LogP contribution >= 0.6 is 11.3 Å². The van der Waals surface area contributed by atoms with Gasteiger partial charge >= 0.3 is 0 Å². The van der Waals surface area contributed by atoms with Gasteiger partial charge in [-0.05, 0) is 26.2 Å². The Morgan fingerprint density at radius 2 is 2.50 bits per heavy atom. The molecule has 3 atom stereocenters. The molecule has 78 valence electrons. The lowest BCUT2D eigenvalue weighted by Gasteiger charge is -2.19. The lowest BCUT2D eigenvalue weighted by molar-refractivity contribution is 0.266. The molecule has 14 heavy (non-hydrogen) atoms. The van der Waals surface area contributed by atoms with Gasteiger partial charge in [-0.2, -0.15) is 0 Å². The van der Waals surface area contributed by atoms with Gasteiger partial charge in [-0.15, -0.1) is 11.3 Å². The number of rotatable bonds is 3. The Morgan fingerprint density at radius 1 is 1.64 bits per heavy atom. The Labute approximate surface area is 87.6 Å². The van der Waals surface area contributed by atoms with Crippen molar-refractivity contribution in [2.45, 2.75) is 44.4 Å². The molecule has 2 rings (SSSR count). The van der Waals surface area contributed by atoms with E-state index in [1.165, 1.54) is 0 Å². The molecule has 0 spiro atoms. The van der Waals surface area contributed by atoms with Crippen LogP contribution in [0.25, 0.3) is 0 Å². The lowest BCUT2D eigenvalue weighted by Crippen LogP contribution is -2.35. The van der Waals surface area contributed by atoms with Crippen molar-refractivity contribution in [2.75, 3.05) is 0 Å². The van der Waals surface area contributed by atoms with Gasteiger partial charge in [0.05, 0.1) is 11.2 Å². The SMILES string of the molecule is CC(N[C@@H]1CCC[C@@H]1F)c1cscn1. The predicted molar refractivity (Wildman–Crippen MR) is 56.2 cm³/mol. The van der Waals surface area contributed by atoms with E-state index in [0.29, 0.717) is 6.42 Å². The first-order chi connectivity index (χ1) is 6.77. The maximum absolute atomic E-state index is 13.3. The summed E-state index contributed by atoms with van der Waals surface area (Å²) in [4.78, 5) is 4.22. The third kappa shape index (κ3) is 2.12. The smallest absolute Gasteiger partial charge is 0.115 e. The van der Waals surface area contributed by atoms with Crippen LogP contribution in [-0.2, 0) is 0 Å². The zero-order valence-corrected chi connectivity index (χ0v) is 9.06. The summed E-state index contributed by atoms with van der Waals surface area (Å²) in [6, 6.07) is 0.203. The second kappa shape index (κ2) is 4.36. The van der Waals surface area contributed by atoms with Crippen LogP contribution in [0.3, 0.4) is 0 Å². The number of thiazole rings is 1. The number of nitrogens with one attached hydrogen (secondary N) is 1. The van der Waals surface area contributed by atoms with Crippen LogP contribution in [0.4, 0.5) is 4.39 Å². The summed E-state index contributed by atoms with van der Waals surface area (Å²) in [7, 11) is 0. The molecule has 0 amide bonds. The van der Waals surface area contributed by atoms with Crippen LogP contribution in [-0.4, -0.2) is 17.2 Å². The van der Waals surface area contributed by atoms with Gasteiger partial charge in [0.25, 0.3) is 0 Å². The molecule has 1 unspecified atom stereocenters. The number of hydrogen-bond acceptors (Lipinski definition) is 3. The maximum atomic E-state index is 13.3. The second-order valence-corrected chi connectivity index (χ2v) is 4.57. The van der Waals surface area contributed by atoms with Crippen molar-refractivity contribution in [3.63, 3.8) is 0 Å². The average molecular weight is 214 g/mol. The molecule has 4 heteroatoms. The van der Waals surface area contributed by atoms with E-state index in [9.17, 15) is 4.39 Å². The molecule has 0 aromatic carbocycles. The highest BCUT2D eigenvalue weighted by atomic mass is 32.1. The van der Waals surface area contributed by atoms with Gasteiger partial charge in [0.15, 0.2) is 0 Å². The van der Waals surface area contributed by atoms with Gasteiger partial charge in [-0.1, -0.05) is 0 Å². The Bertz CT molecular complexity index is 276. The van der Waals surface area contributed by atoms with Gasteiger partial charge in [-0.25, -0.2) is 9.37 Å². The van der Waals surface area contributed by atoms with Gasteiger partial charge in [0, 0.05) is 17.5 Å². The first-order valence-corrected chi connectivity index (χ1v) is 6.00. The highest BCUT2D eigenvalue weighted by Gasteiger charge is 2.28. The van der Waals surface area contributed by atoms with Crippen LogP contribution in [0.15, 0.2) is 10.9 Å². The summed E-state index contributed by atoms with van der Waals surface area (Å²) < 4.78 is 13.3. The summed E-state index contributed by atoms with van der Waals surface area (Å²) in [5.41, 5.74) is 2.84. The molecule has 1 aliphatic rings. The third-order valence-corrected chi connectivity index (χ3v) is 3.40. The van der Waals surface area contributed by atoms with Crippen molar-refractivity contribution in [2.24, 2.45) is 0 Å². The number of nitrogens with zero attached hydrogens (tertiary/aromatic N) is 1. The van der Waals surface area contributed by atoms with Crippen molar-refractivity contribution >= 4 is 11.3 Å². The predicted octanol–water partition coefficient (Wildman–Crippen LogP) is 2.68. The van der Waals surface area contributed by atoms with Crippen LogP contribution in [0, 0.1) is 0 Å². The normalized spacial score (nSPS) is 29.3. The molecule has 2 nitrogen and oxygen atoms in total.